The van der Waals surface area contributed by atoms with Crippen LogP contribution in [0.1, 0.15) is 10.4 Å². The standard InChI is InChI=1S/C12H4BrClF4N2O/c13-4-1-5(11(14)19-3-4)12(21)20-10-8(17)6(15)2-7(16)9(10)18/h1-3H,(H,20,21). The lowest BCUT2D eigenvalue weighted by Gasteiger charge is -2.09. The number of anilines is 1. The molecule has 21 heavy (non-hydrogen) atoms. The number of benzene rings is 1. The minimum absolute atomic E-state index is 0.0357. The molecule has 0 radical (unpaired) electrons. The van der Waals surface area contributed by atoms with Crippen molar-refractivity contribution in [2.45, 2.75) is 0 Å². The molecule has 1 N–H and O–H groups in total. The summed E-state index contributed by atoms with van der Waals surface area (Å²) in [5.74, 6) is -7.79. The number of hydrogen-bond acceptors (Lipinski definition) is 2. The quantitative estimate of drug-likeness (QED) is 0.477. The van der Waals surface area contributed by atoms with E-state index in [1.807, 2.05) is 0 Å². The van der Waals surface area contributed by atoms with Gasteiger partial charge in [0.15, 0.2) is 23.3 Å². The lowest BCUT2D eigenvalue weighted by molar-refractivity contribution is 0.102. The molecule has 1 aromatic carbocycles. The average molecular weight is 384 g/mol. The van der Waals surface area contributed by atoms with E-state index < -0.39 is 34.9 Å². The summed E-state index contributed by atoms with van der Waals surface area (Å²) < 4.78 is 53.3. The van der Waals surface area contributed by atoms with Crippen LogP contribution in [0.2, 0.25) is 5.15 Å². The summed E-state index contributed by atoms with van der Waals surface area (Å²) in [5, 5.41) is 1.49. The molecule has 0 aliphatic heterocycles. The number of aromatic nitrogens is 1. The van der Waals surface area contributed by atoms with Crippen molar-refractivity contribution in [3.05, 3.63) is 56.8 Å². The molecule has 0 unspecified atom stereocenters. The Bertz CT molecular complexity index is 715. The van der Waals surface area contributed by atoms with Crippen LogP contribution in [0.4, 0.5) is 23.2 Å². The number of halogens is 6. The van der Waals surface area contributed by atoms with Gasteiger partial charge in [0.1, 0.15) is 10.8 Å². The van der Waals surface area contributed by atoms with Crippen LogP contribution in [-0.2, 0) is 0 Å². The topological polar surface area (TPSA) is 42.0 Å². The van der Waals surface area contributed by atoms with Crippen LogP contribution >= 0.6 is 27.5 Å². The molecule has 0 saturated heterocycles. The third-order valence-electron chi connectivity index (χ3n) is 2.40. The molecule has 110 valence electrons. The van der Waals surface area contributed by atoms with Crippen LogP contribution in [0.25, 0.3) is 0 Å². The van der Waals surface area contributed by atoms with Gasteiger partial charge in [-0.15, -0.1) is 0 Å². The number of hydrogen-bond donors (Lipinski definition) is 1. The highest BCUT2D eigenvalue weighted by molar-refractivity contribution is 9.10. The van der Waals surface area contributed by atoms with Crippen LogP contribution in [0.5, 0.6) is 0 Å². The van der Waals surface area contributed by atoms with E-state index in [2.05, 4.69) is 20.9 Å². The number of pyridine rings is 1. The summed E-state index contributed by atoms with van der Waals surface area (Å²) in [6.45, 7) is 0. The van der Waals surface area contributed by atoms with Gasteiger partial charge < -0.3 is 5.32 Å². The summed E-state index contributed by atoms with van der Waals surface area (Å²) in [4.78, 5) is 15.5. The molecule has 9 heteroatoms. The molecule has 2 aromatic rings. The Morgan fingerprint density at radius 2 is 1.71 bits per heavy atom. The zero-order chi connectivity index (χ0) is 15.7. The molecule has 0 fully saturated rings. The molecule has 1 heterocycles. The Hall–Kier alpha value is -1.67. The molecular weight excluding hydrogens is 379 g/mol. The first-order valence-corrected chi connectivity index (χ1v) is 6.43. The number of nitrogens with zero attached hydrogens (tertiary/aromatic N) is 1. The van der Waals surface area contributed by atoms with Gasteiger partial charge in [0.25, 0.3) is 5.91 Å². The van der Waals surface area contributed by atoms with E-state index in [-0.39, 0.29) is 16.8 Å². The number of nitrogens with one attached hydrogen (secondary N) is 1. The third kappa shape index (κ3) is 3.16. The minimum Gasteiger partial charge on any atom is -0.317 e. The zero-order valence-electron chi connectivity index (χ0n) is 9.86. The number of amides is 1. The second-order valence-corrected chi connectivity index (χ2v) is 5.06. The lowest BCUT2D eigenvalue weighted by Crippen LogP contribution is -2.16. The van der Waals surface area contributed by atoms with Crippen molar-refractivity contribution in [1.82, 2.24) is 4.98 Å². The highest BCUT2D eigenvalue weighted by Crippen LogP contribution is 2.26. The Kier molecular flexibility index (Phi) is 4.48. The van der Waals surface area contributed by atoms with Gasteiger partial charge in [0.05, 0.1) is 5.56 Å². The maximum absolute atomic E-state index is 13.4. The fraction of sp³-hybridized carbons (Fsp3) is 0. The van der Waals surface area contributed by atoms with Crippen molar-refractivity contribution in [3.63, 3.8) is 0 Å². The van der Waals surface area contributed by atoms with E-state index in [1.165, 1.54) is 12.3 Å². The van der Waals surface area contributed by atoms with Gasteiger partial charge in [-0.05, 0) is 22.0 Å². The largest absolute Gasteiger partial charge is 0.317 e. The maximum Gasteiger partial charge on any atom is 0.258 e. The molecule has 1 amide bonds. The molecule has 1 aromatic heterocycles. The Balaban J connectivity index is 2.43. The third-order valence-corrected chi connectivity index (χ3v) is 3.14. The molecule has 0 atom stereocenters. The van der Waals surface area contributed by atoms with E-state index in [9.17, 15) is 22.4 Å². The SMILES string of the molecule is O=C(Nc1c(F)c(F)cc(F)c1F)c1cc(Br)cnc1Cl. The molecule has 3 nitrogen and oxygen atoms in total. The van der Waals surface area contributed by atoms with E-state index in [4.69, 9.17) is 11.6 Å². The van der Waals surface area contributed by atoms with Gasteiger partial charge >= 0.3 is 0 Å². The van der Waals surface area contributed by atoms with Crippen LogP contribution < -0.4 is 5.32 Å². The van der Waals surface area contributed by atoms with Gasteiger partial charge in [0, 0.05) is 16.7 Å². The van der Waals surface area contributed by atoms with Gasteiger partial charge in [-0.2, -0.15) is 0 Å². The van der Waals surface area contributed by atoms with Crippen molar-refractivity contribution in [2.24, 2.45) is 0 Å². The van der Waals surface area contributed by atoms with Crippen LogP contribution in [0.15, 0.2) is 22.8 Å². The molecule has 2 rings (SSSR count). The van der Waals surface area contributed by atoms with Crippen LogP contribution in [0, 0.1) is 23.3 Å². The molecular formula is C12H4BrClF4N2O. The van der Waals surface area contributed by atoms with Gasteiger partial charge in [-0.1, -0.05) is 11.6 Å². The van der Waals surface area contributed by atoms with Crippen molar-refractivity contribution in [2.75, 3.05) is 5.32 Å². The van der Waals surface area contributed by atoms with Crippen LogP contribution in [-0.4, -0.2) is 10.9 Å². The highest BCUT2D eigenvalue weighted by atomic mass is 79.9. The number of rotatable bonds is 2. The van der Waals surface area contributed by atoms with Crippen molar-refractivity contribution < 1.29 is 22.4 Å². The fourth-order valence-electron chi connectivity index (χ4n) is 1.45. The van der Waals surface area contributed by atoms with Crippen molar-refractivity contribution in [1.29, 1.82) is 0 Å². The van der Waals surface area contributed by atoms with E-state index in [0.717, 1.165) is 0 Å². The summed E-state index contributed by atoms with van der Waals surface area (Å²) in [6, 6.07) is 1.27. The first kappa shape index (κ1) is 15.7. The fourth-order valence-corrected chi connectivity index (χ4v) is 1.97. The second-order valence-electron chi connectivity index (χ2n) is 3.79. The number of carbonyl (C=O) groups is 1. The normalized spacial score (nSPS) is 10.6. The van der Waals surface area contributed by atoms with Gasteiger partial charge in [-0.3, -0.25) is 4.79 Å². The molecule has 0 saturated carbocycles. The van der Waals surface area contributed by atoms with Crippen molar-refractivity contribution >= 4 is 39.1 Å². The van der Waals surface area contributed by atoms with E-state index in [0.29, 0.717) is 4.47 Å². The first-order valence-electron chi connectivity index (χ1n) is 5.26. The minimum atomic E-state index is -1.72. The van der Waals surface area contributed by atoms with E-state index >= 15 is 0 Å². The summed E-state index contributed by atoms with van der Waals surface area (Å²) in [5.41, 5.74) is -1.47. The highest BCUT2D eigenvalue weighted by Gasteiger charge is 2.22. The van der Waals surface area contributed by atoms with Crippen molar-refractivity contribution in [3.8, 4) is 0 Å². The molecule has 0 aliphatic carbocycles. The Labute approximate surface area is 129 Å². The second kappa shape index (κ2) is 5.98. The van der Waals surface area contributed by atoms with E-state index in [1.54, 1.807) is 5.32 Å². The summed E-state index contributed by atoms with van der Waals surface area (Å²) in [6.07, 6.45) is 1.29. The smallest absolute Gasteiger partial charge is 0.258 e. The molecule has 0 bridgehead atoms. The predicted octanol–water partition coefficient (Wildman–Crippen LogP) is 4.31. The van der Waals surface area contributed by atoms with Gasteiger partial charge in [-0.25, -0.2) is 22.5 Å². The Morgan fingerprint density at radius 3 is 2.29 bits per heavy atom. The first-order chi connectivity index (χ1) is 9.81. The molecule has 0 aliphatic rings. The lowest BCUT2D eigenvalue weighted by atomic mass is 10.2. The summed E-state index contributed by atoms with van der Waals surface area (Å²) in [7, 11) is 0. The Morgan fingerprint density at radius 1 is 1.14 bits per heavy atom. The maximum atomic E-state index is 13.4. The van der Waals surface area contributed by atoms with Gasteiger partial charge in [0.2, 0.25) is 0 Å². The summed E-state index contributed by atoms with van der Waals surface area (Å²) >= 11 is 8.70. The number of carbonyl (C=O) groups excluding carboxylic acids is 1. The van der Waals surface area contributed by atoms with Crippen LogP contribution in [0.3, 0.4) is 0 Å². The average Bonchev–Trinajstić information content (AvgIpc) is 2.43. The monoisotopic (exact) mass is 382 g/mol. The molecule has 0 spiro atoms. The zero-order valence-corrected chi connectivity index (χ0v) is 12.2. The predicted molar refractivity (Wildman–Crippen MR) is 71.2 cm³/mol.